The lowest BCUT2D eigenvalue weighted by Crippen LogP contribution is -2.40. The third-order valence-corrected chi connectivity index (χ3v) is 8.55. The van der Waals surface area contributed by atoms with Crippen LogP contribution in [0.5, 0.6) is 5.75 Å². The van der Waals surface area contributed by atoms with E-state index in [0.717, 1.165) is 26.0 Å². The molecule has 1 atom stereocenters. The van der Waals surface area contributed by atoms with Crippen LogP contribution in [0, 0.1) is 3.57 Å². The lowest BCUT2D eigenvalue weighted by molar-refractivity contribution is -0.136. The van der Waals surface area contributed by atoms with Gasteiger partial charge in [-0.2, -0.15) is 0 Å². The first-order chi connectivity index (χ1) is 18.9. The maximum atomic E-state index is 13.8. The third kappa shape index (κ3) is 5.59. The van der Waals surface area contributed by atoms with Gasteiger partial charge in [0.05, 0.1) is 32.5 Å². The summed E-state index contributed by atoms with van der Waals surface area (Å²) in [7, 11) is 1.35. The van der Waals surface area contributed by atoms with Crippen molar-refractivity contribution in [3.8, 4) is 5.75 Å². The highest BCUT2D eigenvalue weighted by atomic mass is 127. The number of allylic oxidation sites excluding steroid dienone is 1. The maximum absolute atomic E-state index is 13.8. The molecule has 0 aliphatic carbocycles. The molecule has 0 saturated heterocycles. The van der Waals surface area contributed by atoms with E-state index < -0.39 is 12.0 Å². The van der Waals surface area contributed by atoms with Crippen molar-refractivity contribution < 1.29 is 14.3 Å². The Bertz CT molecular complexity index is 1760. The van der Waals surface area contributed by atoms with Crippen molar-refractivity contribution in [2.75, 3.05) is 7.11 Å². The summed E-state index contributed by atoms with van der Waals surface area (Å²) < 4.78 is 14.1. The van der Waals surface area contributed by atoms with Crippen LogP contribution in [0.25, 0.3) is 6.08 Å². The van der Waals surface area contributed by atoms with Crippen LogP contribution >= 0.6 is 45.5 Å². The topological polar surface area (TPSA) is 69.9 Å². The molecule has 39 heavy (non-hydrogen) atoms. The number of fused-ring (bicyclic) bond motifs is 1. The SMILES string of the molecule is CCC1=C(C(=O)OC)[C@@H](c2ccccc2)n2c(s/c(=C\c3ccc(OCc4ccccc4Cl)c(I)c3)c2=O)=N1. The van der Waals surface area contributed by atoms with Crippen molar-refractivity contribution in [3.63, 3.8) is 0 Å². The second-order valence-corrected chi connectivity index (χ2v) is 11.3. The number of esters is 1. The number of benzene rings is 3. The molecule has 0 bridgehead atoms. The van der Waals surface area contributed by atoms with E-state index in [1.807, 2.05) is 85.8 Å². The van der Waals surface area contributed by atoms with Gasteiger partial charge in [-0.1, -0.05) is 84.5 Å². The minimum Gasteiger partial charge on any atom is -0.488 e. The monoisotopic (exact) mass is 670 g/mol. The molecule has 9 heteroatoms. The zero-order valence-corrected chi connectivity index (χ0v) is 24.9. The Kier molecular flexibility index (Phi) is 8.34. The molecule has 5 rings (SSSR count). The fourth-order valence-corrected chi connectivity index (χ4v) is 6.37. The first-order valence-electron chi connectivity index (χ1n) is 12.2. The molecule has 0 fully saturated rings. The van der Waals surface area contributed by atoms with Crippen molar-refractivity contribution in [1.29, 1.82) is 0 Å². The van der Waals surface area contributed by atoms with Gasteiger partial charge in [0.1, 0.15) is 12.4 Å². The number of carbonyl (C=O) groups excluding carboxylic acids is 1. The molecule has 1 aliphatic rings. The number of hydrogen-bond donors (Lipinski definition) is 0. The molecule has 0 saturated carbocycles. The predicted octanol–water partition coefficient (Wildman–Crippen LogP) is 5.64. The van der Waals surface area contributed by atoms with Crippen LogP contribution in [0.2, 0.25) is 5.02 Å². The van der Waals surface area contributed by atoms with Gasteiger partial charge in [0, 0.05) is 10.6 Å². The molecular weight excluding hydrogens is 647 g/mol. The van der Waals surface area contributed by atoms with E-state index >= 15 is 0 Å². The van der Waals surface area contributed by atoms with E-state index in [-0.39, 0.29) is 5.56 Å². The Morgan fingerprint density at radius 1 is 1.13 bits per heavy atom. The number of hydrogen-bond acceptors (Lipinski definition) is 6. The van der Waals surface area contributed by atoms with E-state index in [1.165, 1.54) is 18.4 Å². The Balaban J connectivity index is 1.54. The van der Waals surface area contributed by atoms with Crippen LogP contribution in [0.15, 0.2) is 93.9 Å². The van der Waals surface area contributed by atoms with E-state index in [1.54, 1.807) is 4.57 Å². The van der Waals surface area contributed by atoms with Gasteiger partial charge in [0.2, 0.25) is 0 Å². The molecular formula is C30H24ClIN2O4S. The Hall–Kier alpha value is -3.21. The lowest BCUT2D eigenvalue weighted by atomic mass is 9.95. The second-order valence-electron chi connectivity index (χ2n) is 8.77. The number of halogens is 2. The van der Waals surface area contributed by atoms with Gasteiger partial charge in [0.25, 0.3) is 5.56 Å². The smallest absolute Gasteiger partial charge is 0.338 e. The van der Waals surface area contributed by atoms with Crippen LogP contribution in [0.3, 0.4) is 0 Å². The average molecular weight is 671 g/mol. The van der Waals surface area contributed by atoms with Crippen LogP contribution in [0.1, 0.15) is 36.1 Å². The number of ether oxygens (including phenoxy) is 2. The summed E-state index contributed by atoms with van der Waals surface area (Å²) in [6.45, 7) is 2.30. The zero-order valence-electron chi connectivity index (χ0n) is 21.2. The molecule has 4 aromatic rings. The molecule has 0 N–H and O–H groups in total. The van der Waals surface area contributed by atoms with E-state index in [2.05, 4.69) is 22.6 Å². The normalized spacial score (nSPS) is 15.1. The standard InChI is InChI=1S/C30H24ClIN2O4S/c1-3-23-26(29(36)37-2)27(19-9-5-4-6-10-19)34-28(35)25(39-30(34)33-23)16-18-13-14-24(22(32)15-18)38-17-20-11-7-8-12-21(20)31/h4-16,27H,3,17H2,1-2H3/b25-16-/t27-/m1/s1. The average Bonchev–Trinajstić information content (AvgIpc) is 3.26. The molecule has 1 aromatic heterocycles. The van der Waals surface area contributed by atoms with Gasteiger partial charge in [0.15, 0.2) is 4.80 Å². The molecule has 6 nitrogen and oxygen atoms in total. The maximum Gasteiger partial charge on any atom is 0.338 e. The van der Waals surface area contributed by atoms with Crippen LogP contribution in [-0.4, -0.2) is 17.6 Å². The Morgan fingerprint density at radius 2 is 1.87 bits per heavy atom. The summed E-state index contributed by atoms with van der Waals surface area (Å²) in [6.07, 6.45) is 2.38. The summed E-state index contributed by atoms with van der Waals surface area (Å²) in [5, 5.41) is 0.662. The van der Waals surface area contributed by atoms with E-state index in [0.29, 0.717) is 38.7 Å². The molecule has 3 aromatic carbocycles. The minimum atomic E-state index is -0.618. The summed E-state index contributed by atoms with van der Waals surface area (Å²) >= 11 is 9.78. The summed E-state index contributed by atoms with van der Waals surface area (Å²) in [5.74, 6) is 0.245. The van der Waals surface area contributed by atoms with Crippen molar-refractivity contribution >= 4 is 57.6 Å². The van der Waals surface area contributed by atoms with Gasteiger partial charge in [-0.15, -0.1) is 0 Å². The van der Waals surface area contributed by atoms with Crippen molar-refractivity contribution in [2.45, 2.75) is 26.0 Å². The zero-order chi connectivity index (χ0) is 27.5. The summed E-state index contributed by atoms with van der Waals surface area (Å²) in [6, 6.07) is 22.2. The first kappa shape index (κ1) is 27.4. The van der Waals surface area contributed by atoms with Gasteiger partial charge < -0.3 is 9.47 Å². The highest BCUT2D eigenvalue weighted by molar-refractivity contribution is 14.1. The molecule has 1 aliphatic heterocycles. The largest absolute Gasteiger partial charge is 0.488 e. The molecule has 0 unspecified atom stereocenters. The van der Waals surface area contributed by atoms with Gasteiger partial charge in [-0.05, 0) is 64.4 Å². The number of methoxy groups -OCH3 is 1. The number of thiazole rings is 1. The predicted molar refractivity (Wildman–Crippen MR) is 162 cm³/mol. The molecule has 0 radical (unpaired) electrons. The minimum absolute atomic E-state index is 0.210. The van der Waals surface area contributed by atoms with E-state index in [4.69, 9.17) is 26.1 Å². The molecule has 0 spiro atoms. The summed E-state index contributed by atoms with van der Waals surface area (Å²) in [5.41, 5.74) is 3.39. The Labute approximate surface area is 248 Å². The van der Waals surface area contributed by atoms with Crippen molar-refractivity contribution in [1.82, 2.24) is 4.57 Å². The second kappa shape index (κ2) is 11.9. The van der Waals surface area contributed by atoms with Crippen molar-refractivity contribution in [3.05, 3.63) is 129 Å². The highest BCUT2D eigenvalue weighted by Crippen LogP contribution is 2.31. The number of aromatic nitrogens is 1. The van der Waals surface area contributed by atoms with Crippen LogP contribution in [-0.2, 0) is 16.1 Å². The van der Waals surface area contributed by atoms with E-state index in [9.17, 15) is 9.59 Å². The third-order valence-electron chi connectivity index (χ3n) is 6.36. The Morgan fingerprint density at radius 3 is 2.56 bits per heavy atom. The van der Waals surface area contributed by atoms with Gasteiger partial charge >= 0.3 is 5.97 Å². The highest BCUT2D eigenvalue weighted by Gasteiger charge is 2.33. The summed E-state index contributed by atoms with van der Waals surface area (Å²) in [4.78, 5) is 31.9. The number of nitrogens with zero attached hydrogens (tertiary/aromatic N) is 2. The van der Waals surface area contributed by atoms with Gasteiger partial charge in [-0.3, -0.25) is 9.36 Å². The number of carbonyl (C=O) groups is 1. The van der Waals surface area contributed by atoms with Crippen LogP contribution in [0.4, 0.5) is 0 Å². The fourth-order valence-electron chi connectivity index (χ4n) is 4.46. The lowest BCUT2D eigenvalue weighted by Gasteiger charge is -2.25. The number of rotatable bonds is 7. The van der Waals surface area contributed by atoms with Gasteiger partial charge in [-0.25, -0.2) is 9.79 Å². The quantitative estimate of drug-likeness (QED) is 0.189. The molecule has 2 heterocycles. The first-order valence-corrected chi connectivity index (χ1v) is 14.5. The molecule has 0 amide bonds. The molecule has 198 valence electrons. The fraction of sp³-hybridized carbons (Fsp3) is 0.167. The van der Waals surface area contributed by atoms with Crippen molar-refractivity contribution in [2.24, 2.45) is 4.99 Å². The van der Waals surface area contributed by atoms with Crippen LogP contribution < -0.4 is 19.6 Å².